The van der Waals surface area contributed by atoms with E-state index in [1.54, 1.807) is 6.92 Å². The zero-order chi connectivity index (χ0) is 14.7. The quantitative estimate of drug-likeness (QED) is 0.635. The van der Waals surface area contributed by atoms with E-state index in [9.17, 15) is 18.8 Å². The summed E-state index contributed by atoms with van der Waals surface area (Å²) in [5.74, 6) is -2.75. The molecule has 1 N–H and O–H groups in total. The molecule has 0 spiro atoms. The van der Waals surface area contributed by atoms with E-state index in [1.807, 2.05) is 0 Å². The minimum atomic E-state index is -0.926. The number of ether oxygens (including phenoxy) is 1. The van der Waals surface area contributed by atoms with Gasteiger partial charge in [0.15, 0.2) is 0 Å². The van der Waals surface area contributed by atoms with E-state index in [0.717, 1.165) is 4.90 Å². The van der Waals surface area contributed by atoms with Gasteiger partial charge in [-0.05, 0) is 31.2 Å². The third kappa shape index (κ3) is 2.76. The number of benzene rings is 1. The Hall–Kier alpha value is -2.44. The van der Waals surface area contributed by atoms with Gasteiger partial charge in [0.25, 0.3) is 0 Å². The molecule has 1 fully saturated rings. The zero-order valence-corrected chi connectivity index (χ0v) is 10.8. The van der Waals surface area contributed by atoms with Crippen LogP contribution < -0.4 is 10.2 Å². The molecule has 1 saturated heterocycles. The Labute approximate surface area is 114 Å². The van der Waals surface area contributed by atoms with E-state index in [-0.39, 0.29) is 13.2 Å². The molecule has 0 aliphatic carbocycles. The molecule has 2 amide bonds. The van der Waals surface area contributed by atoms with Crippen LogP contribution in [0.1, 0.15) is 6.92 Å². The van der Waals surface area contributed by atoms with Gasteiger partial charge in [-0.1, -0.05) is 0 Å². The summed E-state index contributed by atoms with van der Waals surface area (Å²) in [4.78, 5) is 36.2. The predicted molar refractivity (Wildman–Crippen MR) is 67.3 cm³/mol. The third-order valence-corrected chi connectivity index (χ3v) is 2.82. The highest BCUT2D eigenvalue weighted by atomic mass is 19.1. The SMILES string of the molecule is CCOC(=O)[C@@H]1CN(c2ccc(F)cc2)C(=O)C(=O)N1. The third-order valence-electron chi connectivity index (χ3n) is 2.82. The zero-order valence-electron chi connectivity index (χ0n) is 10.8. The molecule has 1 aromatic carbocycles. The van der Waals surface area contributed by atoms with Crippen LogP contribution in [0.2, 0.25) is 0 Å². The van der Waals surface area contributed by atoms with E-state index in [4.69, 9.17) is 4.74 Å². The Bertz CT molecular complexity index is 544. The molecule has 2 rings (SSSR count). The van der Waals surface area contributed by atoms with E-state index >= 15 is 0 Å². The molecule has 0 saturated carbocycles. The number of esters is 1. The maximum Gasteiger partial charge on any atom is 0.330 e. The number of carbonyl (C=O) groups is 3. The summed E-state index contributed by atoms with van der Waals surface area (Å²) < 4.78 is 17.7. The van der Waals surface area contributed by atoms with Crippen molar-refractivity contribution in [3.63, 3.8) is 0 Å². The Kier molecular flexibility index (Phi) is 3.97. The summed E-state index contributed by atoms with van der Waals surface area (Å²) in [6.45, 7) is 1.77. The van der Waals surface area contributed by atoms with Crippen molar-refractivity contribution in [1.29, 1.82) is 0 Å². The molecule has 1 atom stereocenters. The molecular formula is C13H13FN2O4. The molecule has 0 aromatic heterocycles. The second-order valence-electron chi connectivity index (χ2n) is 4.17. The topological polar surface area (TPSA) is 75.7 Å². The molecule has 1 aromatic rings. The second kappa shape index (κ2) is 5.68. The van der Waals surface area contributed by atoms with Gasteiger partial charge >= 0.3 is 17.8 Å². The van der Waals surface area contributed by atoms with Gasteiger partial charge < -0.3 is 15.0 Å². The number of carbonyl (C=O) groups excluding carboxylic acids is 3. The van der Waals surface area contributed by atoms with Crippen LogP contribution in [-0.4, -0.2) is 37.0 Å². The van der Waals surface area contributed by atoms with E-state index < -0.39 is 29.6 Å². The average molecular weight is 280 g/mol. The van der Waals surface area contributed by atoms with Crippen LogP contribution in [0, 0.1) is 5.82 Å². The average Bonchev–Trinajstić information content (AvgIpc) is 2.43. The van der Waals surface area contributed by atoms with Crippen LogP contribution in [0.5, 0.6) is 0 Å². The summed E-state index contributed by atoms with van der Waals surface area (Å²) in [7, 11) is 0. The highest BCUT2D eigenvalue weighted by Crippen LogP contribution is 2.18. The van der Waals surface area contributed by atoms with Gasteiger partial charge in [-0.25, -0.2) is 9.18 Å². The minimum absolute atomic E-state index is 0.0466. The molecule has 20 heavy (non-hydrogen) atoms. The van der Waals surface area contributed by atoms with Crippen molar-refractivity contribution in [2.24, 2.45) is 0 Å². The van der Waals surface area contributed by atoms with Crippen LogP contribution in [0.25, 0.3) is 0 Å². The number of piperazine rings is 1. The van der Waals surface area contributed by atoms with Crippen molar-refractivity contribution in [3.8, 4) is 0 Å². The Morgan fingerprint density at radius 1 is 1.40 bits per heavy atom. The molecule has 1 aliphatic heterocycles. The van der Waals surface area contributed by atoms with Crippen molar-refractivity contribution in [1.82, 2.24) is 5.32 Å². The monoisotopic (exact) mass is 280 g/mol. The lowest BCUT2D eigenvalue weighted by molar-refractivity contribution is -0.149. The number of amides is 2. The normalized spacial score (nSPS) is 18.7. The Morgan fingerprint density at radius 2 is 2.05 bits per heavy atom. The molecule has 1 aliphatic rings. The van der Waals surface area contributed by atoms with Gasteiger partial charge in [0.2, 0.25) is 0 Å². The molecule has 106 valence electrons. The molecule has 7 heteroatoms. The van der Waals surface area contributed by atoms with Gasteiger partial charge in [0.05, 0.1) is 13.2 Å². The smallest absolute Gasteiger partial charge is 0.330 e. The predicted octanol–water partition coefficient (Wildman–Crippen LogP) is 0.220. The number of anilines is 1. The van der Waals surface area contributed by atoms with Crippen molar-refractivity contribution < 1.29 is 23.5 Å². The van der Waals surface area contributed by atoms with E-state index in [1.165, 1.54) is 24.3 Å². The summed E-state index contributed by atoms with van der Waals surface area (Å²) in [6.07, 6.45) is 0. The van der Waals surface area contributed by atoms with Crippen LogP contribution in [0.3, 0.4) is 0 Å². The lowest BCUT2D eigenvalue weighted by atomic mass is 10.1. The standard InChI is InChI=1S/C13H13FN2O4/c1-2-20-13(19)10-7-16(12(18)11(17)15-10)9-5-3-8(14)4-6-9/h3-6,10H,2,7H2,1H3,(H,15,17)/t10-/m0/s1. The van der Waals surface area contributed by atoms with Crippen LogP contribution in [0.15, 0.2) is 24.3 Å². The molecule has 0 radical (unpaired) electrons. The molecule has 0 bridgehead atoms. The minimum Gasteiger partial charge on any atom is -0.464 e. The van der Waals surface area contributed by atoms with E-state index in [2.05, 4.69) is 5.32 Å². The fraction of sp³-hybridized carbons (Fsp3) is 0.308. The molecule has 1 heterocycles. The molecular weight excluding hydrogens is 267 g/mol. The number of nitrogens with one attached hydrogen (secondary N) is 1. The lowest BCUT2D eigenvalue weighted by Gasteiger charge is -2.31. The number of hydrogen-bond donors (Lipinski definition) is 1. The summed E-state index contributed by atoms with van der Waals surface area (Å²) >= 11 is 0. The van der Waals surface area contributed by atoms with Crippen LogP contribution in [0.4, 0.5) is 10.1 Å². The Balaban J connectivity index is 2.22. The van der Waals surface area contributed by atoms with Crippen LogP contribution >= 0.6 is 0 Å². The summed E-state index contributed by atoms with van der Waals surface area (Å²) in [5.41, 5.74) is 0.348. The van der Waals surface area contributed by atoms with Gasteiger partial charge in [-0.3, -0.25) is 9.59 Å². The van der Waals surface area contributed by atoms with Crippen molar-refractivity contribution in [2.75, 3.05) is 18.1 Å². The van der Waals surface area contributed by atoms with E-state index in [0.29, 0.717) is 5.69 Å². The maximum absolute atomic E-state index is 12.9. The number of rotatable bonds is 3. The first-order chi connectivity index (χ1) is 9.52. The lowest BCUT2D eigenvalue weighted by Crippen LogP contribution is -2.60. The summed E-state index contributed by atoms with van der Waals surface area (Å²) in [5, 5.41) is 2.28. The van der Waals surface area contributed by atoms with Gasteiger partial charge in [0.1, 0.15) is 11.9 Å². The number of halogens is 1. The maximum atomic E-state index is 12.9. The van der Waals surface area contributed by atoms with Gasteiger partial charge in [-0.15, -0.1) is 0 Å². The molecule has 0 unspecified atom stereocenters. The van der Waals surface area contributed by atoms with Crippen molar-refractivity contribution >= 4 is 23.5 Å². The fourth-order valence-corrected chi connectivity index (χ4v) is 1.87. The largest absolute Gasteiger partial charge is 0.464 e. The number of nitrogens with zero attached hydrogens (tertiary/aromatic N) is 1. The van der Waals surface area contributed by atoms with Crippen molar-refractivity contribution in [3.05, 3.63) is 30.1 Å². The first-order valence-electron chi connectivity index (χ1n) is 6.07. The van der Waals surface area contributed by atoms with Gasteiger partial charge in [0, 0.05) is 5.69 Å². The van der Waals surface area contributed by atoms with Crippen LogP contribution in [-0.2, 0) is 19.1 Å². The summed E-state index contributed by atoms with van der Waals surface area (Å²) in [6, 6.07) is 4.16. The van der Waals surface area contributed by atoms with Gasteiger partial charge in [-0.2, -0.15) is 0 Å². The first-order valence-corrected chi connectivity index (χ1v) is 6.07. The first kappa shape index (κ1) is 14.0. The highest BCUT2D eigenvalue weighted by molar-refractivity contribution is 6.41. The van der Waals surface area contributed by atoms with Crippen molar-refractivity contribution in [2.45, 2.75) is 13.0 Å². The fourth-order valence-electron chi connectivity index (χ4n) is 1.87. The second-order valence-corrected chi connectivity index (χ2v) is 4.17. The highest BCUT2D eigenvalue weighted by Gasteiger charge is 2.37. The Morgan fingerprint density at radius 3 is 2.65 bits per heavy atom. The molecule has 6 nitrogen and oxygen atoms in total. The number of hydrogen-bond acceptors (Lipinski definition) is 4.